The summed E-state index contributed by atoms with van der Waals surface area (Å²) >= 11 is 0. The average Bonchev–Trinajstić information content (AvgIpc) is 3.24. The van der Waals surface area contributed by atoms with E-state index in [1.807, 2.05) is 0 Å². The molecule has 4 saturated carbocycles. The number of aliphatic hydroxyl groups is 2. The third kappa shape index (κ3) is 6.20. The molecule has 198 valence electrons. The van der Waals surface area contributed by atoms with Gasteiger partial charge in [-0.25, -0.2) is 0 Å². The van der Waals surface area contributed by atoms with Crippen molar-refractivity contribution >= 4 is 5.97 Å². The number of hydrogen-bond acceptors (Lipinski definition) is 3. The summed E-state index contributed by atoms with van der Waals surface area (Å²) in [6.07, 6.45) is 16.4. The first-order valence-electron chi connectivity index (χ1n) is 14.8. The normalized spacial score (nSPS) is 41.9. The van der Waals surface area contributed by atoms with Crippen molar-refractivity contribution in [3.63, 3.8) is 0 Å². The number of aliphatic hydroxyl groups excluding tert-OH is 2. The molecule has 0 amide bonds. The van der Waals surface area contributed by atoms with Crippen molar-refractivity contribution in [3.8, 4) is 0 Å². The van der Waals surface area contributed by atoms with Gasteiger partial charge < -0.3 is 15.3 Å². The van der Waals surface area contributed by atoms with Crippen molar-refractivity contribution in [1.29, 1.82) is 0 Å². The van der Waals surface area contributed by atoms with Gasteiger partial charge in [-0.2, -0.15) is 0 Å². The quantitative estimate of drug-likeness (QED) is 0.326. The number of rotatable bonds is 8. The molecular weight excluding hydrogens is 424 g/mol. The van der Waals surface area contributed by atoms with E-state index >= 15 is 0 Å². The van der Waals surface area contributed by atoms with Crippen LogP contribution in [-0.2, 0) is 4.79 Å². The summed E-state index contributed by atoms with van der Waals surface area (Å²) in [5.74, 6) is 3.24. The van der Waals surface area contributed by atoms with E-state index in [1.54, 1.807) is 0 Å². The Kier molecular flexibility index (Phi) is 10.3. The Hall–Kier alpha value is -0.610. The lowest BCUT2D eigenvalue weighted by Crippen LogP contribution is -2.56. The molecule has 0 aromatic heterocycles. The van der Waals surface area contributed by atoms with Crippen LogP contribution in [0.4, 0.5) is 0 Å². The standard InChI is InChI=1S/C23H38O4.C7H16/c1-13(3-8-21(26)27)16-4-5-18-17(16)6-7-19-22(18)20(25)12-14-11-15(24)9-10-23(14,19)2;1-3-5-7-6-4-2/h13-20,22,24-25H,3-12H2,1-2H3,(H,26,27);3-7H2,1-2H3. The summed E-state index contributed by atoms with van der Waals surface area (Å²) in [5, 5.41) is 30.3. The fourth-order valence-electron chi connectivity index (χ4n) is 8.87. The van der Waals surface area contributed by atoms with Gasteiger partial charge in [0.05, 0.1) is 12.2 Å². The highest BCUT2D eigenvalue weighted by Gasteiger charge is 2.59. The lowest BCUT2D eigenvalue weighted by molar-refractivity contribution is -0.158. The van der Waals surface area contributed by atoms with Crippen molar-refractivity contribution in [2.45, 2.75) is 136 Å². The van der Waals surface area contributed by atoms with E-state index in [1.165, 1.54) is 57.8 Å². The van der Waals surface area contributed by atoms with Crippen LogP contribution in [0.15, 0.2) is 0 Å². The minimum atomic E-state index is -0.679. The smallest absolute Gasteiger partial charge is 0.303 e. The number of carboxylic acids is 1. The molecule has 4 aliphatic carbocycles. The van der Waals surface area contributed by atoms with Crippen LogP contribution in [-0.4, -0.2) is 33.5 Å². The highest BCUT2D eigenvalue weighted by molar-refractivity contribution is 5.66. The van der Waals surface area contributed by atoms with Crippen LogP contribution in [0.2, 0.25) is 0 Å². The van der Waals surface area contributed by atoms with E-state index in [0.717, 1.165) is 32.1 Å². The molecule has 0 bridgehead atoms. The van der Waals surface area contributed by atoms with E-state index in [-0.39, 0.29) is 18.6 Å². The Balaban J connectivity index is 0.000000406. The van der Waals surface area contributed by atoms with Gasteiger partial charge in [0.25, 0.3) is 0 Å². The molecule has 4 heteroatoms. The Morgan fingerprint density at radius 1 is 0.941 bits per heavy atom. The second-order valence-electron chi connectivity index (χ2n) is 12.7. The van der Waals surface area contributed by atoms with E-state index in [2.05, 4.69) is 27.7 Å². The summed E-state index contributed by atoms with van der Waals surface area (Å²) in [6, 6.07) is 0. The maximum Gasteiger partial charge on any atom is 0.303 e. The highest BCUT2D eigenvalue weighted by atomic mass is 16.4. The number of carboxylic acid groups (broad SMARTS) is 1. The monoisotopic (exact) mass is 478 g/mol. The molecule has 4 fully saturated rings. The van der Waals surface area contributed by atoms with Crippen molar-refractivity contribution < 1.29 is 20.1 Å². The minimum Gasteiger partial charge on any atom is -0.481 e. The van der Waals surface area contributed by atoms with Crippen molar-refractivity contribution in [3.05, 3.63) is 0 Å². The van der Waals surface area contributed by atoms with Gasteiger partial charge in [0.1, 0.15) is 0 Å². The molecule has 0 heterocycles. The lowest BCUT2D eigenvalue weighted by Gasteiger charge is -2.60. The van der Waals surface area contributed by atoms with Crippen LogP contribution in [0.1, 0.15) is 124 Å². The fraction of sp³-hybridized carbons (Fsp3) is 0.967. The Morgan fingerprint density at radius 3 is 2.26 bits per heavy atom. The predicted octanol–water partition coefficient (Wildman–Crippen LogP) is 7.06. The van der Waals surface area contributed by atoms with Gasteiger partial charge in [-0.3, -0.25) is 4.79 Å². The largest absolute Gasteiger partial charge is 0.481 e. The molecular formula is C30H54O4. The molecule has 4 aliphatic rings. The third-order valence-electron chi connectivity index (χ3n) is 10.8. The number of unbranched alkanes of at least 4 members (excludes halogenated alkanes) is 4. The molecule has 0 radical (unpaired) electrons. The molecule has 0 saturated heterocycles. The second kappa shape index (κ2) is 12.6. The Morgan fingerprint density at radius 2 is 1.62 bits per heavy atom. The molecule has 4 rings (SSSR count). The van der Waals surface area contributed by atoms with Gasteiger partial charge in [-0.15, -0.1) is 0 Å². The summed E-state index contributed by atoms with van der Waals surface area (Å²) < 4.78 is 0. The van der Waals surface area contributed by atoms with Crippen LogP contribution in [0.3, 0.4) is 0 Å². The van der Waals surface area contributed by atoms with E-state index in [4.69, 9.17) is 5.11 Å². The first kappa shape index (κ1) is 28.0. The lowest BCUT2D eigenvalue weighted by atomic mass is 9.46. The summed E-state index contributed by atoms with van der Waals surface area (Å²) in [6.45, 7) is 9.19. The molecule has 34 heavy (non-hydrogen) atoms. The number of carbonyl (C=O) groups is 1. The fourth-order valence-corrected chi connectivity index (χ4v) is 8.87. The molecule has 10 atom stereocenters. The van der Waals surface area contributed by atoms with Gasteiger partial charge in [0.2, 0.25) is 0 Å². The zero-order chi connectivity index (χ0) is 24.9. The predicted molar refractivity (Wildman–Crippen MR) is 138 cm³/mol. The summed E-state index contributed by atoms with van der Waals surface area (Å²) in [5.41, 5.74) is 0.293. The van der Waals surface area contributed by atoms with E-state index in [0.29, 0.717) is 46.8 Å². The van der Waals surface area contributed by atoms with Gasteiger partial charge >= 0.3 is 5.97 Å². The maximum atomic E-state index is 11.1. The number of hydrogen-bond donors (Lipinski definition) is 3. The van der Waals surface area contributed by atoms with Crippen LogP contribution < -0.4 is 0 Å². The van der Waals surface area contributed by atoms with Crippen LogP contribution in [0.25, 0.3) is 0 Å². The zero-order valence-corrected chi connectivity index (χ0v) is 22.6. The minimum absolute atomic E-state index is 0.172. The number of fused-ring (bicyclic) bond motifs is 5. The third-order valence-corrected chi connectivity index (χ3v) is 10.8. The van der Waals surface area contributed by atoms with Crippen LogP contribution in [0, 0.1) is 46.8 Å². The topological polar surface area (TPSA) is 77.8 Å². The summed E-state index contributed by atoms with van der Waals surface area (Å²) in [7, 11) is 0. The maximum absolute atomic E-state index is 11.1. The van der Waals surface area contributed by atoms with Crippen molar-refractivity contribution in [1.82, 2.24) is 0 Å². The Bertz CT molecular complexity index is 631. The van der Waals surface area contributed by atoms with E-state index < -0.39 is 5.97 Å². The molecule has 3 N–H and O–H groups in total. The summed E-state index contributed by atoms with van der Waals surface area (Å²) in [4.78, 5) is 11.0. The molecule has 4 nitrogen and oxygen atoms in total. The molecule has 0 aromatic carbocycles. The van der Waals surface area contributed by atoms with E-state index in [9.17, 15) is 15.0 Å². The van der Waals surface area contributed by atoms with Gasteiger partial charge in [0, 0.05) is 6.42 Å². The highest BCUT2D eigenvalue weighted by Crippen LogP contribution is 2.64. The van der Waals surface area contributed by atoms with Crippen LogP contribution >= 0.6 is 0 Å². The molecule has 0 spiro atoms. The Labute approximate surface area is 209 Å². The van der Waals surface area contributed by atoms with Gasteiger partial charge in [-0.1, -0.05) is 59.8 Å². The second-order valence-corrected chi connectivity index (χ2v) is 12.7. The average molecular weight is 479 g/mol. The first-order chi connectivity index (χ1) is 16.2. The van der Waals surface area contributed by atoms with Gasteiger partial charge in [0.15, 0.2) is 0 Å². The molecule has 0 aliphatic heterocycles. The van der Waals surface area contributed by atoms with Gasteiger partial charge in [-0.05, 0) is 105 Å². The number of aliphatic carboxylic acids is 1. The molecule has 10 unspecified atom stereocenters. The first-order valence-corrected chi connectivity index (χ1v) is 14.8. The SMILES string of the molecule is CC(CCC(=O)O)C1CCC2C1CCC1C2C(O)CC2CC(O)CCC21C.CCCCCCC. The van der Waals surface area contributed by atoms with Crippen LogP contribution in [0.5, 0.6) is 0 Å². The zero-order valence-electron chi connectivity index (χ0n) is 22.6. The molecule has 0 aromatic rings. The van der Waals surface area contributed by atoms with Crippen molar-refractivity contribution in [2.24, 2.45) is 46.8 Å². The van der Waals surface area contributed by atoms with Crippen molar-refractivity contribution in [2.75, 3.05) is 0 Å².